The summed E-state index contributed by atoms with van der Waals surface area (Å²) in [5.41, 5.74) is 2.98. The van der Waals surface area contributed by atoms with Crippen LogP contribution in [0.5, 0.6) is 0 Å². The highest BCUT2D eigenvalue weighted by atomic mass is 32.1. The molecule has 136 valence electrons. The van der Waals surface area contributed by atoms with Crippen LogP contribution in [-0.2, 0) is 16.0 Å². The fraction of sp³-hybridized carbons (Fsp3) is 0.316. The summed E-state index contributed by atoms with van der Waals surface area (Å²) in [6, 6.07) is 7.03. The smallest absolute Gasteiger partial charge is 0.337 e. The maximum atomic E-state index is 12.5. The molecular weight excluding hydrogens is 352 g/mol. The van der Waals surface area contributed by atoms with E-state index in [1.54, 1.807) is 34.5 Å². The Balaban J connectivity index is 1.51. The molecule has 1 aliphatic heterocycles. The summed E-state index contributed by atoms with van der Waals surface area (Å²) < 4.78 is 4.73. The van der Waals surface area contributed by atoms with Gasteiger partial charge in [0.2, 0.25) is 5.91 Å². The van der Waals surface area contributed by atoms with Crippen molar-refractivity contribution in [2.24, 2.45) is 0 Å². The van der Waals surface area contributed by atoms with Gasteiger partial charge in [-0.15, -0.1) is 0 Å². The molecule has 3 rings (SSSR count). The number of methoxy groups -OCH3 is 1. The molecule has 2 heterocycles. The molecule has 0 spiro atoms. The van der Waals surface area contributed by atoms with E-state index in [-0.39, 0.29) is 17.8 Å². The Morgan fingerprint density at radius 2 is 2.08 bits per heavy atom. The molecule has 26 heavy (non-hydrogen) atoms. The molecular formula is C19H20N2O4S. The van der Waals surface area contributed by atoms with Gasteiger partial charge in [0, 0.05) is 36.1 Å². The molecule has 0 bridgehead atoms. The summed E-state index contributed by atoms with van der Waals surface area (Å²) in [6.45, 7) is 1.07. The van der Waals surface area contributed by atoms with Gasteiger partial charge in [-0.2, -0.15) is 11.3 Å². The van der Waals surface area contributed by atoms with Crippen molar-refractivity contribution in [2.45, 2.75) is 19.3 Å². The summed E-state index contributed by atoms with van der Waals surface area (Å²) in [4.78, 5) is 37.7. The molecule has 2 amide bonds. The lowest BCUT2D eigenvalue weighted by atomic mass is 10.1. The largest absolute Gasteiger partial charge is 0.465 e. The lowest BCUT2D eigenvalue weighted by molar-refractivity contribution is -0.118. The third kappa shape index (κ3) is 3.94. The van der Waals surface area contributed by atoms with E-state index in [0.717, 1.165) is 17.7 Å². The van der Waals surface area contributed by atoms with Crippen molar-refractivity contribution >= 4 is 34.8 Å². The first kappa shape index (κ1) is 18.1. The van der Waals surface area contributed by atoms with E-state index in [1.165, 1.54) is 18.4 Å². The number of fused-ring (bicyclic) bond motifs is 1. The van der Waals surface area contributed by atoms with Crippen molar-refractivity contribution in [2.75, 3.05) is 25.1 Å². The van der Waals surface area contributed by atoms with E-state index in [0.29, 0.717) is 37.1 Å². The van der Waals surface area contributed by atoms with Crippen LogP contribution < -0.4 is 10.2 Å². The summed E-state index contributed by atoms with van der Waals surface area (Å²) in [6.07, 6.45) is 1.67. The fourth-order valence-corrected chi connectivity index (χ4v) is 3.61. The molecule has 1 aromatic heterocycles. The monoisotopic (exact) mass is 372 g/mol. The van der Waals surface area contributed by atoms with Crippen LogP contribution >= 0.6 is 11.3 Å². The first-order chi connectivity index (χ1) is 12.6. The van der Waals surface area contributed by atoms with Gasteiger partial charge in [-0.05, 0) is 48.1 Å². The predicted octanol–water partition coefficient (Wildman–Crippen LogP) is 2.63. The number of rotatable bonds is 6. The maximum absolute atomic E-state index is 12.5. The number of amides is 2. The van der Waals surface area contributed by atoms with Crippen LogP contribution in [0, 0.1) is 0 Å². The number of esters is 1. The zero-order valence-corrected chi connectivity index (χ0v) is 15.3. The van der Waals surface area contributed by atoms with Gasteiger partial charge in [-0.3, -0.25) is 9.59 Å². The number of thiophene rings is 1. The predicted molar refractivity (Wildman–Crippen MR) is 99.7 cm³/mol. The van der Waals surface area contributed by atoms with Crippen LogP contribution in [0.2, 0.25) is 0 Å². The molecule has 0 radical (unpaired) electrons. The zero-order valence-electron chi connectivity index (χ0n) is 14.5. The molecule has 7 heteroatoms. The number of nitrogens with one attached hydrogen (secondary N) is 1. The minimum atomic E-state index is -0.376. The molecule has 1 N–H and O–H groups in total. The Morgan fingerprint density at radius 1 is 1.23 bits per heavy atom. The van der Waals surface area contributed by atoms with E-state index in [9.17, 15) is 14.4 Å². The third-order valence-corrected chi connectivity index (χ3v) is 5.02. The van der Waals surface area contributed by atoms with Crippen molar-refractivity contribution in [3.8, 4) is 0 Å². The standard InChI is InChI=1S/C19H20N2O4S/c1-25-19(24)14-4-5-16-13(11-14)6-9-21(16)17(22)3-2-8-20-18(23)15-7-10-26-12-15/h4-5,7,10-12H,2-3,6,8-9H2,1H3,(H,20,23). The van der Waals surface area contributed by atoms with Crippen molar-refractivity contribution in [1.29, 1.82) is 0 Å². The lowest BCUT2D eigenvalue weighted by Crippen LogP contribution is -2.30. The minimum Gasteiger partial charge on any atom is -0.465 e. The van der Waals surface area contributed by atoms with Gasteiger partial charge in [0.25, 0.3) is 5.91 Å². The van der Waals surface area contributed by atoms with Crippen LogP contribution in [0.4, 0.5) is 5.69 Å². The normalized spacial score (nSPS) is 12.6. The average Bonchev–Trinajstić information content (AvgIpc) is 3.33. The summed E-state index contributed by atoms with van der Waals surface area (Å²) in [5, 5.41) is 6.47. The number of hydrogen-bond acceptors (Lipinski definition) is 5. The molecule has 0 aliphatic carbocycles. The van der Waals surface area contributed by atoms with E-state index < -0.39 is 0 Å². The van der Waals surface area contributed by atoms with E-state index in [2.05, 4.69) is 5.32 Å². The Kier molecular flexibility index (Phi) is 5.68. The first-order valence-corrected chi connectivity index (χ1v) is 9.36. The quantitative estimate of drug-likeness (QED) is 0.625. The first-order valence-electron chi connectivity index (χ1n) is 8.42. The van der Waals surface area contributed by atoms with Crippen molar-refractivity contribution in [3.63, 3.8) is 0 Å². The van der Waals surface area contributed by atoms with Crippen LogP contribution in [0.1, 0.15) is 39.1 Å². The Bertz CT molecular complexity index is 817. The van der Waals surface area contributed by atoms with Gasteiger partial charge in [-0.25, -0.2) is 4.79 Å². The van der Waals surface area contributed by atoms with E-state index in [4.69, 9.17) is 4.74 Å². The Morgan fingerprint density at radius 3 is 2.81 bits per heavy atom. The minimum absolute atomic E-state index is 0.0272. The number of carbonyl (C=O) groups excluding carboxylic acids is 3. The van der Waals surface area contributed by atoms with E-state index in [1.807, 2.05) is 5.38 Å². The van der Waals surface area contributed by atoms with Crippen LogP contribution in [-0.4, -0.2) is 38.0 Å². The lowest BCUT2D eigenvalue weighted by Gasteiger charge is -2.17. The second-order valence-corrected chi connectivity index (χ2v) is 6.78. The van der Waals surface area contributed by atoms with Gasteiger partial charge in [0.1, 0.15) is 0 Å². The van der Waals surface area contributed by atoms with Crippen LogP contribution in [0.25, 0.3) is 0 Å². The van der Waals surface area contributed by atoms with Crippen LogP contribution in [0.15, 0.2) is 35.0 Å². The van der Waals surface area contributed by atoms with Crippen molar-refractivity contribution in [3.05, 3.63) is 51.7 Å². The molecule has 1 aromatic carbocycles. The highest BCUT2D eigenvalue weighted by molar-refractivity contribution is 7.08. The molecule has 0 atom stereocenters. The second kappa shape index (κ2) is 8.14. The maximum Gasteiger partial charge on any atom is 0.337 e. The van der Waals surface area contributed by atoms with Gasteiger partial charge >= 0.3 is 5.97 Å². The zero-order chi connectivity index (χ0) is 18.5. The number of ether oxygens (including phenoxy) is 1. The fourth-order valence-electron chi connectivity index (χ4n) is 2.98. The SMILES string of the molecule is COC(=O)c1ccc2c(c1)CCN2C(=O)CCCNC(=O)c1ccsc1. The van der Waals surface area contributed by atoms with Crippen LogP contribution in [0.3, 0.4) is 0 Å². The van der Waals surface area contributed by atoms with Crippen molar-refractivity contribution < 1.29 is 19.1 Å². The highest BCUT2D eigenvalue weighted by Gasteiger charge is 2.25. The number of hydrogen-bond donors (Lipinski definition) is 1. The van der Waals surface area contributed by atoms with Gasteiger partial charge in [0.15, 0.2) is 0 Å². The van der Waals surface area contributed by atoms with Gasteiger partial charge in [0.05, 0.1) is 12.7 Å². The second-order valence-electron chi connectivity index (χ2n) is 6.00. The molecule has 6 nitrogen and oxygen atoms in total. The Labute approximate surface area is 155 Å². The molecule has 0 unspecified atom stereocenters. The van der Waals surface area contributed by atoms with Crippen molar-refractivity contribution in [1.82, 2.24) is 5.32 Å². The molecule has 0 saturated carbocycles. The molecule has 0 saturated heterocycles. The highest BCUT2D eigenvalue weighted by Crippen LogP contribution is 2.29. The third-order valence-electron chi connectivity index (χ3n) is 4.33. The molecule has 1 aliphatic rings. The molecule has 0 fully saturated rings. The number of nitrogens with zero attached hydrogens (tertiary/aromatic N) is 1. The summed E-state index contributed by atoms with van der Waals surface area (Å²) in [5.74, 6) is -0.459. The average molecular weight is 372 g/mol. The van der Waals surface area contributed by atoms with Gasteiger partial charge in [-0.1, -0.05) is 0 Å². The summed E-state index contributed by atoms with van der Waals surface area (Å²) >= 11 is 1.48. The number of anilines is 1. The Hall–Kier alpha value is -2.67. The van der Waals surface area contributed by atoms with E-state index >= 15 is 0 Å². The van der Waals surface area contributed by atoms with Gasteiger partial charge < -0.3 is 15.0 Å². The molecule has 2 aromatic rings. The number of carbonyl (C=O) groups is 3. The topological polar surface area (TPSA) is 75.7 Å². The number of benzene rings is 1. The summed E-state index contributed by atoms with van der Waals surface area (Å²) in [7, 11) is 1.35.